The second-order valence-electron chi connectivity index (χ2n) is 4.52. The van der Waals surface area contributed by atoms with Gasteiger partial charge >= 0.3 is 5.69 Å². The molecule has 7 heteroatoms. The first kappa shape index (κ1) is 10.7. The largest absolute Gasteiger partial charge is 0.387 e. The minimum absolute atomic E-state index is 0.0832. The van der Waals surface area contributed by atoms with Crippen LogP contribution >= 0.6 is 0 Å². The molecule has 3 N–H and O–H groups in total. The van der Waals surface area contributed by atoms with Crippen LogP contribution in [0.15, 0.2) is 17.1 Å². The Hall–Kier alpha value is -1.47. The smallest absolute Gasteiger partial charge is 0.349 e. The normalized spacial score (nSPS) is 43.5. The maximum Gasteiger partial charge on any atom is 0.349 e. The molecule has 1 aromatic rings. The fraction of sp³-hybridized carbons (Fsp3) is 0.600. The molecule has 3 rings (SSSR count). The Morgan fingerprint density at radius 3 is 2.94 bits per heavy atom. The number of anilines is 1. The second-order valence-corrected chi connectivity index (χ2v) is 4.52. The molecule has 1 saturated heterocycles. The Morgan fingerprint density at radius 2 is 2.41 bits per heavy atom. The highest BCUT2D eigenvalue weighted by Gasteiger charge is 2.78. The van der Waals surface area contributed by atoms with E-state index in [0.29, 0.717) is 0 Å². The van der Waals surface area contributed by atoms with Crippen molar-refractivity contribution in [2.75, 3.05) is 5.73 Å². The number of hydrogen-bond acceptors (Lipinski definition) is 5. The van der Waals surface area contributed by atoms with Crippen LogP contribution in [-0.4, -0.2) is 38.6 Å². The summed E-state index contributed by atoms with van der Waals surface area (Å²) in [6.07, 6.45) is -1.19. The Labute approximate surface area is 95.8 Å². The monoisotopic (exact) mass is 241 g/mol. The number of alkyl halides is 1. The van der Waals surface area contributed by atoms with E-state index in [-0.39, 0.29) is 5.82 Å². The number of aromatic nitrogens is 2. The average Bonchev–Trinajstić information content (AvgIpc) is 2.76. The summed E-state index contributed by atoms with van der Waals surface area (Å²) in [4.78, 5) is 15.1. The molecule has 1 saturated carbocycles. The molecular formula is C10H12FN3O3. The summed E-state index contributed by atoms with van der Waals surface area (Å²) >= 11 is 0. The number of rotatable bonds is 1. The van der Waals surface area contributed by atoms with Gasteiger partial charge in [0.1, 0.15) is 24.1 Å². The van der Waals surface area contributed by atoms with Crippen molar-refractivity contribution in [1.82, 2.24) is 9.55 Å². The van der Waals surface area contributed by atoms with Crippen molar-refractivity contribution < 1.29 is 14.2 Å². The first-order valence-corrected chi connectivity index (χ1v) is 5.33. The summed E-state index contributed by atoms with van der Waals surface area (Å²) in [6, 6.07) is 0.600. The second kappa shape index (κ2) is 3.05. The van der Waals surface area contributed by atoms with Gasteiger partial charge in [0.05, 0.1) is 6.10 Å². The van der Waals surface area contributed by atoms with Crippen LogP contribution in [0.2, 0.25) is 0 Å². The van der Waals surface area contributed by atoms with E-state index in [1.807, 2.05) is 0 Å². The van der Waals surface area contributed by atoms with Crippen LogP contribution in [0.25, 0.3) is 0 Å². The lowest BCUT2D eigenvalue weighted by atomic mass is 10.1. The SMILES string of the molecule is CC1OC2[C@@H](n3ccc(N)nc3=O)C2(F)C1O. The van der Waals surface area contributed by atoms with Crippen molar-refractivity contribution in [2.24, 2.45) is 0 Å². The third kappa shape index (κ3) is 1.20. The zero-order valence-electron chi connectivity index (χ0n) is 9.08. The van der Waals surface area contributed by atoms with Gasteiger partial charge < -0.3 is 15.6 Å². The fourth-order valence-corrected chi connectivity index (χ4v) is 2.51. The van der Waals surface area contributed by atoms with Crippen LogP contribution in [0.3, 0.4) is 0 Å². The summed E-state index contributed by atoms with van der Waals surface area (Å²) in [6.45, 7) is 1.60. The Balaban J connectivity index is 1.97. The van der Waals surface area contributed by atoms with Crippen molar-refractivity contribution in [3.05, 3.63) is 22.7 Å². The minimum Gasteiger partial charge on any atom is -0.387 e. The molecule has 4 unspecified atom stereocenters. The molecule has 1 aromatic heterocycles. The van der Waals surface area contributed by atoms with Crippen molar-refractivity contribution in [3.8, 4) is 0 Å². The molecule has 0 radical (unpaired) electrons. The van der Waals surface area contributed by atoms with Gasteiger partial charge in [-0.05, 0) is 13.0 Å². The molecule has 0 spiro atoms. The molecule has 1 aliphatic heterocycles. The first-order chi connectivity index (χ1) is 7.96. The molecule has 2 fully saturated rings. The van der Waals surface area contributed by atoms with Gasteiger partial charge in [0.15, 0.2) is 5.67 Å². The van der Waals surface area contributed by atoms with Crippen LogP contribution in [0.5, 0.6) is 0 Å². The highest BCUT2D eigenvalue weighted by atomic mass is 19.1. The number of nitrogen functional groups attached to an aromatic ring is 1. The van der Waals surface area contributed by atoms with E-state index in [9.17, 15) is 14.3 Å². The number of aliphatic hydroxyl groups excluding tert-OH is 1. The first-order valence-electron chi connectivity index (χ1n) is 5.33. The quantitative estimate of drug-likeness (QED) is 0.674. The zero-order chi connectivity index (χ0) is 12.4. The molecule has 17 heavy (non-hydrogen) atoms. The molecule has 0 aromatic carbocycles. The number of nitrogens with two attached hydrogens (primary N) is 1. The fourth-order valence-electron chi connectivity index (χ4n) is 2.51. The van der Waals surface area contributed by atoms with Gasteiger partial charge in [-0.1, -0.05) is 0 Å². The van der Waals surface area contributed by atoms with E-state index in [0.717, 1.165) is 4.57 Å². The summed E-state index contributed by atoms with van der Waals surface area (Å²) in [5.41, 5.74) is 2.83. The third-order valence-corrected chi connectivity index (χ3v) is 3.48. The Kier molecular flexibility index (Phi) is 1.91. The zero-order valence-corrected chi connectivity index (χ0v) is 9.08. The van der Waals surface area contributed by atoms with Crippen LogP contribution < -0.4 is 11.4 Å². The number of fused-ring (bicyclic) bond motifs is 1. The number of ether oxygens (including phenoxy) is 1. The van der Waals surface area contributed by atoms with Gasteiger partial charge in [-0.3, -0.25) is 4.57 Å². The number of nitrogens with zero attached hydrogens (tertiary/aromatic N) is 2. The van der Waals surface area contributed by atoms with Crippen LogP contribution in [0, 0.1) is 0 Å². The standard InChI is InChI=1S/C10H12FN3O3/c1-4-7(15)10(11)6(8(10)17-4)14-3-2-5(12)13-9(14)16/h2-4,6-8,15H,1H3,(H2,12,13,16)/t4?,6-,7?,8?,10?/m1/s1. The van der Waals surface area contributed by atoms with Crippen LogP contribution in [-0.2, 0) is 4.74 Å². The summed E-state index contributed by atoms with van der Waals surface area (Å²) in [5.74, 6) is 0.0832. The van der Waals surface area contributed by atoms with E-state index in [4.69, 9.17) is 10.5 Å². The summed E-state index contributed by atoms with van der Waals surface area (Å²) in [7, 11) is 0. The van der Waals surface area contributed by atoms with Crippen LogP contribution in [0.4, 0.5) is 10.2 Å². The van der Waals surface area contributed by atoms with Gasteiger partial charge in [0.25, 0.3) is 0 Å². The highest BCUT2D eigenvalue weighted by molar-refractivity contribution is 5.30. The number of aliphatic hydroxyl groups is 1. The van der Waals surface area contributed by atoms with E-state index in [2.05, 4.69) is 4.98 Å². The summed E-state index contributed by atoms with van der Waals surface area (Å²) < 4.78 is 20.7. The van der Waals surface area contributed by atoms with Crippen molar-refractivity contribution in [1.29, 1.82) is 0 Å². The minimum atomic E-state index is -1.89. The van der Waals surface area contributed by atoms with Gasteiger partial charge in [0, 0.05) is 6.20 Å². The Morgan fingerprint density at radius 1 is 1.71 bits per heavy atom. The molecule has 1 aliphatic carbocycles. The van der Waals surface area contributed by atoms with Crippen LogP contribution in [0.1, 0.15) is 13.0 Å². The predicted octanol–water partition coefficient (Wildman–Crippen LogP) is -0.763. The lowest BCUT2D eigenvalue weighted by Gasteiger charge is -2.18. The Bertz CT molecular complexity index is 534. The molecule has 92 valence electrons. The highest BCUT2D eigenvalue weighted by Crippen LogP contribution is 2.60. The molecule has 0 amide bonds. The van der Waals surface area contributed by atoms with E-state index < -0.39 is 35.7 Å². The predicted molar refractivity (Wildman–Crippen MR) is 56.1 cm³/mol. The van der Waals surface area contributed by atoms with E-state index >= 15 is 0 Å². The van der Waals surface area contributed by atoms with Crippen molar-refractivity contribution in [2.45, 2.75) is 36.9 Å². The molecule has 0 bridgehead atoms. The molecular weight excluding hydrogens is 229 g/mol. The summed E-state index contributed by atoms with van der Waals surface area (Å²) in [5, 5.41) is 9.68. The molecule has 2 heterocycles. The lowest BCUT2D eigenvalue weighted by molar-refractivity contribution is -0.0127. The molecule has 5 atom stereocenters. The topological polar surface area (TPSA) is 90.4 Å². The average molecular weight is 241 g/mol. The van der Waals surface area contributed by atoms with Gasteiger partial charge in [-0.25, -0.2) is 9.18 Å². The maximum absolute atomic E-state index is 14.4. The van der Waals surface area contributed by atoms with Gasteiger partial charge in [-0.2, -0.15) is 4.98 Å². The molecule has 6 nitrogen and oxygen atoms in total. The van der Waals surface area contributed by atoms with Crippen molar-refractivity contribution in [3.63, 3.8) is 0 Å². The van der Waals surface area contributed by atoms with Crippen molar-refractivity contribution >= 4 is 5.82 Å². The molecule has 2 aliphatic rings. The number of hydrogen-bond donors (Lipinski definition) is 2. The van der Waals surface area contributed by atoms with E-state index in [1.54, 1.807) is 6.92 Å². The maximum atomic E-state index is 14.4. The third-order valence-electron chi connectivity index (χ3n) is 3.48. The number of halogens is 1. The van der Waals surface area contributed by atoms with E-state index in [1.165, 1.54) is 12.3 Å². The lowest BCUT2D eigenvalue weighted by Crippen LogP contribution is -2.36. The van der Waals surface area contributed by atoms with Gasteiger partial charge in [0.2, 0.25) is 0 Å². The van der Waals surface area contributed by atoms with Gasteiger partial charge in [-0.15, -0.1) is 0 Å².